The van der Waals surface area contributed by atoms with Gasteiger partial charge in [0, 0.05) is 21.6 Å². The van der Waals surface area contributed by atoms with Gasteiger partial charge in [0.2, 0.25) is 0 Å². The lowest BCUT2D eigenvalue weighted by Crippen LogP contribution is -2.55. The molecule has 1 aliphatic heterocycles. The molecule has 0 unspecified atom stereocenters. The van der Waals surface area contributed by atoms with E-state index < -0.39 is 0 Å². The van der Waals surface area contributed by atoms with Gasteiger partial charge in [-0.2, -0.15) is 0 Å². The summed E-state index contributed by atoms with van der Waals surface area (Å²) in [5, 5.41) is 11.2. The van der Waals surface area contributed by atoms with Crippen LogP contribution in [-0.2, 0) is 16.7 Å². The molecule has 3 rings (SSSR count). The SMILES string of the molecule is CCOC(=O)c1c(NC(=S)Nc2ccc(OC)cc2)sc2c1CC(C)(C)NC2(C)C. The molecule has 2 heterocycles. The summed E-state index contributed by atoms with van der Waals surface area (Å²) in [4.78, 5) is 14.0. The zero-order valence-corrected chi connectivity index (χ0v) is 19.9. The smallest absolute Gasteiger partial charge is 0.341 e. The summed E-state index contributed by atoms with van der Waals surface area (Å²) in [5.74, 6) is 0.450. The van der Waals surface area contributed by atoms with E-state index >= 15 is 0 Å². The van der Waals surface area contributed by atoms with Gasteiger partial charge in [0.05, 0.1) is 19.3 Å². The normalized spacial score (nSPS) is 16.3. The van der Waals surface area contributed by atoms with Gasteiger partial charge in [-0.1, -0.05) is 0 Å². The maximum Gasteiger partial charge on any atom is 0.341 e. The molecule has 0 fully saturated rings. The van der Waals surface area contributed by atoms with Gasteiger partial charge in [0.25, 0.3) is 0 Å². The van der Waals surface area contributed by atoms with Crippen molar-refractivity contribution in [3.63, 3.8) is 0 Å². The largest absolute Gasteiger partial charge is 0.497 e. The molecule has 0 saturated carbocycles. The van der Waals surface area contributed by atoms with Gasteiger partial charge in [-0.3, -0.25) is 0 Å². The number of anilines is 2. The average molecular weight is 448 g/mol. The number of ether oxygens (including phenoxy) is 2. The fourth-order valence-electron chi connectivity index (χ4n) is 3.97. The topological polar surface area (TPSA) is 71.6 Å². The quantitative estimate of drug-likeness (QED) is 0.445. The van der Waals surface area contributed by atoms with E-state index in [1.54, 1.807) is 18.4 Å². The van der Waals surface area contributed by atoms with Crippen LogP contribution in [-0.4, -0.2) is 30.3 Å². The van der Waals surface area contributed by atoms with Gasteiger partial charge in [-0.25, -0.2) is 4.79 Å². The van der Waals surface area contributed by atoms with Crippen molar-refractivity contribution in [3.05, 3.63) is 40.3 Å². The first-order chi connectivity index (χ1) is 14.1. The summed E-state index contributed by atoms with van der Waals surface area (Å²) >= 11 is 7.07. The van der Waals surface area contributed by atoms with Crippen LogP contribution in [0.25, 0.3) is 0 Å². The van der Waals surface area contributed by atoms with E-state index in [0.29, 0.717) is 22.3 Å². The Bertz CT molecular complexity index is 949. The molecule has 6 nitrogen and oxygen atoms in total. The van der Waals surface area contributed by atoms with Crippen LogP contribution in [0, 0.1) is 0 Å². The van der Waals surface area contributed by atoms with Crippen molar-refractivity contribution in [1.29, 1.82) is 0 Å². The zero-order chi connectivity index (χ0) is 22.1. The number of methoxy groups -OCH3 is 1. The van der Waals surface area contributed by atoms with Crippen LogP contribution in [0.15, 0.2) is 24.3 Å². The number of thiophene rings is 1. The molecule has 0 aliphatic carbocycles. The molecule has 1 aromatic heterocycles. The van der Waals surface area contributed by atoms with Crippen molar-refractivity contribution < 1.29 is 14.3 Å². The molecule has 1 aliphatic rings. The Balaban J connectivity index is 1.92. The lowest BCUT2D eigenvalue weighted by molar-refractivity contribution is 0.0526. The van der Waals surface area contributed by atoms with Crippen molar-refractivity contribution >= 4 is 45.3 Å². The number of hydrogen-bond acceptors (Lipinski definition) is 6. The predicted molar refractivity (Wildman–Crippen MR) is 127 cm³/mol. The molecule has 0 spiro atoms. The third kappa shape index (κ3) is 4.77. The van der Waals surface area contributed by atoms with E-state index in [0.717, 1.165) is 28.3 Å². The van der Waals surface area contributed by atoms with Crippen molar-refractivity contribution in [2.24, 2.45) is 0 Å². The van der Waals surface area contributed by atoms with Crippen molar-refractivity contribution in [1.82, 2.24) is 5.32 Å². The number of thiocarbonyl (C=S) groups is 1. The average Bonchev–Trinajstić information content (AvgIpc) is 2.99. The maximum absolute atomic E-state index is 12.9. The number of carbonyl (C=O) groups is 1. The van der Waals surface area contributed by atoms with Crippen LogP contribution in [0.4, 0.5) is 10.7 Å². The second-order valence-electron chi connectivity index (χ2n) is 8.45. The summed E-state index contributed by atoms with van der Waals surface area (Å²) in [7, 11) is 1.63. The van der Waals surface area contributed by atoms with Gasteiger partial charge in [-0.15, -0.1) is 11.3 Å². The van der Waals surface area contributed by atoms with E-state index in [9.17, 15) is 4.79 Å². The first-order valence-electron chi connectivity index (χ1n) is 9.91. The highest BCUT2D eigenvalue weighted by Gasteiger charge is 2.42. The molecule has 3 N–H and O–H groups in total. The number of benzene rings is 1. The van der Waals surface area contributed by atoms with E-state index in [1.807, 2.05) is 31.2 Å². The van der Waals surface area contributed by atoms with Gasteiger partial charge in [0.1, 0.15) is 10.8 Å². The summed E-state index contributed by atoms with van der Waals surface area (Å²) < 4.78 is 10.6. The highest BCUT2D eigenvalue weighted by molar-refractivity contribution is 7.80. The molecule has 0 radical (unpaired) electrons. The Hall–Kier alpha value is -2.16. The van der Waals surface area contributed by atoms with Crippen molar-refractivity contribution in [2.75, 3.05) is 24.4 Å². The standard InChI is InChI=1S/C22H29N3O3S2/c1-7-28-19(26)16-15-12-21(2,3)25-22(4,5)17(15)30-18(16)24-20(29)23-13-8-10-14(27-6)11-9-13/h8-11,25H,7,12H2,1-6H3,(H2,23,24,29). The Morgan fingerprint density at radius 1 is 1.20 bits per heavy atom. The van der Waals surface area contributed by atoms with Crippen LogP contribution in [0.2, 0.25) is 0 Å². The molecule has 0 bridgehead atoms. The highest BCUT2D eigenvalue weighted by Crippen LogP contribution is 2.45. The number of nitrogens with one attached hydrogen (secondary N) is 3. The number of carbonyl (C=O) groups excluding carboxylic acids is 1. The summed E-state index contributed by atoms with van der Waals surface area (Å²) in [5.41, 5.74) is 2.03. The van der Waals surface area contributed by atoms with E-state index in [4.69, 9.17) is 21.7 Å². The molecule has 0 saturated heterocycles. The molecule has 2 aromatic rings. The minimum absolute atomic E-state index is 0.141. The van der Waals surface area contributed by atoms with Gasteiger partial charge in [0.15, 0.2) is 5.11 Å². The molecule has 0 atom stereocenters. The Labute approximate surface area is 187 Å². The van der Waals surface area contributed by atoms with Crippen LogP contribution >= 0.6 is 23.6 Å². The Morgan fingerprint density at radius 2 is 1.87 bits per heavy atom. The van der Waals surface area contributed by atoms with Crippen LogP contribution in [0.1, 0.15) is 55.4 Å². The number of rotatable bonds is 5. The molecule has 162 valence electrons. The van der Waals surface area contributed by atoms with Crippen LogP contribution in [0.5, 0.6) is 5.75 Å². The van der Waals surface area contributed by atoms with Crippen LogP contribution in [0.3, 0.4) is 0 Å². The third-order valence-electron chi connectivity index (χ3n) is 4.90. The third-order valence-corrected chi connectivity index (χ3v) is 6.57. The first kappa shape index (κ1) is 22.5. The van der Waals surface area contributed by atoms with E-state index in [1.165, 1.54) is 0 Å². The molecule has 8 heteroatoms. The molecule has 1 aromatic carbocycles. The summed E-state index contributed by atoms with van der Waals surface area (Å²) in [6, 6.07) is 7.48. The van der Waals surface area contributed by atoms with Gasteiger partial charge >= 0.3 is 5.97 Å². The lowest BCUT2D eigenvalue weighted by Gasteiger charge is -2.42. The second-order valence-corrected chi connectivity index (χ2v) is 9.88. The van der Waals surface area contributed by atoms with Gasteiger partial charge in [-0.05, 0) is 83.1 Å². The monoisotopic (exact) mass is 447 g/mol. The summed E-state index contributed by atoms with van der Waals surface area (Å²) in [6.07, 6.45) is 0.733. The minimum Gasteiger partial charge on any atom is -0.497 e. The Kier molecular flexibility index (Phi) is 6.40. The Morgan fingerprint density at radius 3 is 2.47 bits per heavy atom. The maximum atomic E-state index is 12.9. The van der Waals surface area contributed by atoms with Crippen molar-refractivity contribution in [3.8, 4) is 5.75 Å². The fraction of sp³-hybridized carbons (Fsp3) is 0.455. The van der Waals surface area contributed by atoms with Crippen LogP contribution < -0.4 is 20.7 Å². The van der Waals surface area contributed by atoms with Crippen molar-refractivity contribution in [2.45, 2.75) is 52.1 Å². The predicted octanol–water partition coefficient (Wildman–Crippen LogP) is 4.90. The zero-order valence-electron chi connectivity index (χ0n) is 18.3. The molecular weight excluding hydrogens is 418 g/mol. The molecular formula is C22H29N3O3S2. The minimum atomic E-state index is -0.321. The molecule has 30 heavy (non-hydrogen) atoms. The highest BCUT2D eigenvalue weighted by atomic mass is 32.1. The second kappa shape index (κ2) is 8.53. The molecule has 0 amide bonds. The lowest BCUT2D eigenvalue weighted by atomic mass is 9.81. The number of esters is 1. The first-order valence-corrected chi connectivity index (χ1v) is 11.1. The van der Waals surface area contributed by atoms with E-state index in [-0.39, 0.29) is 17.0 Å². The van der Waals surface area contributed by atoms with Gasteiger partial charge < -0.3 is 25.4 Å². The fourth-order valence-corrected chi connectivity index (χ4v) is 5.53. The van der Waals surface area contributed by atoms with E-state index in [2.05, 4.69) is 43.6 Å². The number of fused-ring (bicyclic) bond motifs is 1. The summed E-state index contributed by atoms with van der Waals surface area (Å²) in [6.45, 7) is 10.7. The number of hydrogen-bond donors (Lipinski definition) is 3.